The Balaban J connectivity index is 1.71. The standard InChI is InChI=1S/C22H32O4/c1-13-10-16-17-4-5-20(25)21(17,3)8-7-18(16)22(12-26-14(2)23)9-6-15(24)11-19(13)22/h13,16-19H,4-12H2,1-3H3/t13-,16+,17+,18+,19-,21+,22+/m1/s1. The molecule has 7 atom stereocenters. The van der Waals surface area contributed by atoms with Gasteiger partial charge in [-0.25, -0.2) is 0 Å². The Morgan fingerprint density at radius 3 is 2.62 bits per heavy atom. The summed E-state index contributed by atoms with van der Waals surface area (Å²) in [7, 11) is 0. The summed E-state index contributed by atoms with van der Waals surface area (Å²) in [5, 5.41) is 0. The van der Waals surface area contributed by atoms with Crippen LogP contribution < -0.4 is 0 Å². The van der Waals surface area contributed by atoms with E-state index in [1.807, 2.05) is 0 Å². The maximum Gasteiger partial charge on any atom is 0.302 e. The third kappa shape index (κ3) is 2.51. The van der Waals surface area contributed by atoms with Gasteiger partial charge in [0.1, 0.15) is 11.6 Å². The van der Waals surface area contributed by atoms with Crippen LogP contribution in [0.1, 0.15) is 72.1 Å². The van der Waals surface area contributed by atoms with Gasteiger partial charge in [-0.2, -0.15) is 0 Å². The van der Waals surface area contributed by atoms with Gasteiger partial charge in [0.25, 0.3) is 0 Å². The predicted octanol–water partition coefficient (Wildman–Crippen LogP) is 3.96. The summed E-state index contributed by atoms with van der Waals surface area (Å²) in [6.45, 7) is 6.42. The van der Waals surface area contributed by atoms with Crippen LogP contribution in [0.4, 0.5) is 0 Å². The maximum absolute atomic E-state index is 12.6. The van der Waals surface area contributed by atoms with Crippen LogP contribution in [0.5, 0.6) is 0 Å². The number of ketones is 2. The first-order valence-corrected chi connectivity index (χ1v) is 10.5. The summed E-state index contributed by atoms with van der Waals surface area (Å²) in [6.07, 6.45) is 7.01. The van der Waals surface area contributed by atoms with Crippen molar-refractivity contribution in [2.24, 2.45) is 40.4 Å². The molecular formula is C22H32O4. The molecule has 0 saturated heterocycles. The zero-order chi connectivity index (χ0) is 18.7. The highest BCUT2D eigenvalue weighted by atomic mass is 16.5. The van der Waals surface area contributed by atoms with Crippen molar-refractivity contribution in [1.82, 2.24) is 0 Å². The molecule has 0 aliphatic heterocycles. The molecule has 4 fully saturated rings. The molecule has 0 bridgehead atoms. The van der Waals surface area contributed by atoms with E-state index < -0.39 is 0 Å². The number of fused-ring (bicyclic) bond motifs is 5. The van der Waals surface area contributed by atoms with E-state index in [0.29, 0.717) is 60.6 Å². The van der Waals surface area contributed by atoms with Crippen molar-refractivity contribution >= 4 is 17.5 Å². The SMILES string of the molecule is CC(=O)OC[C@]12CCC(=O)C[C@@H]1[C@H](C)C[C@@H]1[C@@H]2CC[C@]2(C)C(=O)CC[C@@H]12. The van der Waals surface area contributed by atoms with Gasteiger partial charge in [-0.15, -0.1) is 0 Å². The fourth-order valence-electron chi connectivity index (χ4n) is 7.55. The molecular weight excluding hydrogens is 328 g/mol. The van der Waals surface area contributed by atoms with Crippen molar-refractivity contribution < 1.29 is 19.1 Å². The van der Waals surface area contributed by atoms with E-state index in [1.165, 1.54) is 6.92 Å². The van der Waals surface area contributed by atoms with Crippen LogP contribution in [0.25, 0.3) is 0 Å². The Kier molecular flexibility index (Phi) is 4.32. The van der Waals surface area contributed by atoms with Crippen LogP contribution in [0.3, 0.4) is 0 Å². The van der Waals surface area contributed by atoms with Crippen molar-refractivity contribution in [2.45, 2.75) is 72.1 Å². The van der Waals surface area contributed by atoms with Gasteiger partial charge in [0.05, 0.1) is 6.61 Å². The fraction of sp³-hybridized carbons (Fsp3) is 0.864. The first kappa shape index (κ1) is 18.2. The van der Waals surface area contributed by atoms with Gasteiger partial charge < -0.3 is 4.74 Å². The molecule has 0 aromatic heterocycles. The lowest BCUT2D eigenvalue weighted by Crippen LogP contribution is -2.59. The summed E-state index contributed by atoms with van der Waals surface area (Å²) in [4.78, 5) is 36.4. The van der Waals surface area contributed by atoms with Crippen LogP contribution in [0.15, 0.2) is 0 Å². The smallest absolute Gasteiger partial charge is 0.302 e. The maximum atomic E-state index is 12.6. The Bertz CT molecular complexity index is 640. The number of ether oxygens (including phenoxy) is 1. The second-order valence-corrected chi connectivity index (χ2v) is 9.87. The monoisotopic (exact) mass is 360 g/mol. The van der Waals surface area contributed by atoms with Crippen molar-refractivity contribution in [2.75, 3.05) is 6.61 Å². The van der Waals surface area contributed by atoms with E-state index in [2.05, 4.69) is 13.8 Å². The van der Waals surface area contributed by atoms with Crippen LogP contribution >= 0.6 is 0 Å². The van der Waals surface area contributed by atoms with Gasteiger partial charge in [0.15, 0.2) is 0 Å². The summed E-state index contributed by atoms with van der Waals surface area (Å²) in [5.74, 6) is 2.89. The molecule has 0 aromatic carbocycles. The Morgan fingerprint density at radius 2 is 1.88 bits per heavy atom. The molecule has 4 heteroatoms. The molecule has 4 rings (SSSR count). The van der Waals surface area contributed by atoms with Crippen LogP contribution in [0, 0.1) is 40.4 Å². The van der Waals surface area contributed by atoms with E-state index in [1.54, 1.807) is 0 Å². The van der Waals surface area contributed by atoms with Crippen LogP contribution in [0.2, 0.25) is 0 Å². The average Bonchev–Trinajstić information content (AvgIpc) is 2.90. The number of Topliss-reactive ketones (excluding diaryl/α,β-unsaturated/α-hetero) is 2. The molecule has 0 aromatic rings. The number of esters is 1. The van der Waals surface area contributed by atoms with Crippen molar-refractivity contribution in [1.29, 1.82) is 0 Å². The highest BCUT2D eigenvalue weighted by Crippen LogP contribution is 2.66. The van der Waals surface area contributed by atoms with Gasteiger partial charge in [-0.3, -0.25) is 14.4 Å². The molecule has 0 heterocycles. The third-order valence-electron chi connectivity index (χ3n) is 8.81. The minimum absolute atomic E-state index is 0.0606. The lowest BCUT2D eigenvalue weighted by atomic mass is 9.43. The zero-order valence-electron chi connectivity index (χ0n) is 16.4. The number of hydrogen-bond donors (Lipinski definition) is 0. The average molecular weight is 360 g/mol. The Labute approximate surface area is 156 Å². The second-order valence-electron chi connectivity index (χ2n) is 9.87. The highest BCUT2D eigenvalue weighted by molar-refractivity contribution is 5.87. The van der Waals surface area contributed by atoms with Gasteiger partial charge in [-0.1, -0.05) is 13.8 Å². The molecule has 0 radical (unpaired) electrons. The van der Waals surface area contributed by atoms with Gasteiger partial charge in [0, 0.05) is 37.0 Å². The van der Waals surface area contributed by atoms with Crippen molar-refractivity contribution in [3.8, 4) is 0 Å². The number of carbonyl (C=O) groups excluding carboxylic acids is 3. The molecule has 0 N–H and O–H groups in total. The van der Waals surface area contributed by atoms with Gasteiger partial charge >= 0.3 is 5.97 Å². The lowest BCUT2D eigenvalue weighted by Gasteiger charge is -2.61. The molecule has 144 valence electrons. The number of rotatable bonds is 2. The predicted molar refractivity (Wildman–Crippen MR) is 97.2 cm³/mol. The first-order valence-electron chi connectivity index (χ1n) is 10.5. The molecule has 4 aliphatic rings. The topological polar surface area (TPSA) is 60.4 Å². The minimum atomic E-state index is -0.221. The molecule has 4 saturated carbocycles. The van der Waals surface area contributed by atoms with E-state index >= 15 is 0 Å². The van der Waals surface area contributed by atoms with E-state index in [-0.39, 0.29) is 16.8 Å². The molecule has 26 heavy (non-hydrogen) atoms. The number of hydrogen-bond acceptors (Lipinski definition) is 4. The number of carbonyl (C=O) groups is 3. The zero-order valence-corrected chi connectivity index (χ0v) is 16.4. The molecule has 4 nitrogen and oxygen atoms in total. The van der Waals surface area contributed by atoms with Crippen molar-refractivity contribution in [3.05, 3.63) is 0 Å². The molecule has 4 aliphatic carbocycles. The summed E-state index contributed by atoms with van der Waals surface area (Å²) >= 11 is 0. The largest absolute Gasteiger partial charge is 0.465 e. The highest BCUT2D eigenvalue weighted by Gasteiger charge is 2.63. The van der Waals surface area contributed by atoms with Gasteiger partial charge in [0.2, 0.25) is 0 Å². The first-order chi connectivity index (χ1) is 12.3. The van der Waals surface area contributed by atoms with E-state index in [9.17, 15) is 14.4 Å². The fourth-order valence-corrected chi connectivity index (χ4v) is 7.55. The van der Waals surface area contributed by atoms with E-state index in [0.717, 1.165) is 38.5 Å². The Hall–Kier alpha value is -1.19. The van der Waals surface area contributed by atoms with Crippen LogP contribution in [-0.4, -0.2) is 24.1 Å². The summed E-state index contributed by atoms with van der Waals surface area (Å²) in [6, 6.07) is 0. The quantitative estimate of drug-likeness (QED) is 0.700. The van der Waals surface area contributed by atoms with E-state index in [4.69, 9.17) is 4.74 Å². The van der Waals surface area contributed by atoms with Crippen molar-refractivity contribution in [3.63, 3.8) is 0 Å². The lowest BCUT2D eigenvalue weighted by molar-refractivity contribution is -0.178. The summed E-state index contributed by atoms with van der Waals surface area (Å²) in [5.41, 5.74) is -0.199. The molecule has 0 spiro atoms. The third-order valence-corrected chi connectivity index (χ3v) is 8.81. The Morgan fingerprint density at radius 1 is 1.12 bits per heavy atom. The van der Waals surface area contributed by atoms with Crippen LogP contribution in [-0.2, 0) is 19.1 Å². The minimum Gasteiger partial charge on any atom is -0.465 e. The molecule has 0 unspecified atom stereocenters. The summed E-state index contributed by atoms with van der Waals surface area (Å²) < 4.78 is 5.61. The second kappa shape index (κ2) is 6.17. The molecule has 0 amide bonds. The normalized spacial score (nSPS) is 47.7. The van der Waals surface area contributed by atoms with Gasteiger partial charge in [-0.05, 0) is 61.7 Å².